The van der Waals surface area contributed by atoms with Crippen molar-refractivity contribution in [1.29, 1.82) is 0 Å². The van der Waals surface area contributed by atoms with E-state index in [0.29, 0.717) is 27.7 Å². The highest BCUT2D eigenvalue weighted by atomic mass is 35.5. The number of benzene rings is 2. The number of carbonyl (C=O) groups is 1. The smallest absolute Gasteiger partial charge is 0.366 e. The fourth-order valence-corrected chi connectivity index (χ4v) is 2.52. The molecule has 132 valence electrons. The fraction of sp³-hybridized carbons (Fsp3) is 0.118. The van der Waals surface area contributed by atoms with Crippen LogP contribution in [0.2, 0.25) is 5.02 Å². The second-order valence-corrected chi connectivity index (χ2v) is 5.94. The highest BCUT2D eigenvalue weighted by Gasteiger charge is 2.21. The Hall–Kier alpha value is -3.26. The van der Waals surface area contributed by atoms with Gasteiger partial charge in [-0.05, 0) is 49.7 Å². The number of nitro benzene ring substituents is 1. The van der Waals surface area contributed by atoms with Crippen molar-refractivity contribution in [3.63, 3.8) is 0 Å². The second-order valence-electron chi connectivity index (χ2n) is 5.51. The number of ether oxygens (including phenoxy) is 1. The number of halogens is 1. The van der Waals surface area contributed by atoms with Crippen LogP contribution in [0, 0.1) is 24.0 Å². The van der Waals surface area contributed by atoms with Gasteiger partial charge in [-0.25, -0.2) is 9.48 Å². The highest BCUT2D eigenvalue weighted by Crippen LogP contribution is 2.22. The molecule has 0 N–H and O–H groups in total. The maximum Gasteiger partial charge on any atom is 0.366 e. The lowest BCUT2D eigenvalue weighted by Crippen LogP contribution is -2.11. The Labute approximate surface area is 153 Å². The Morgan fingerprint density at radius 1 is 1.19 bits per heavy atom. The summed E-state index contributed by atoms with van der Waals surface area (Å²) in [6.45, 7) is 3.38. The van der Waals surface area contributed by atoms with E-state index in [0.717, 1.165) is 0 Å². The van der Waals surface area contributed by atoms with E-state index >= 15 is 0 Å². The van der Waals surface area contributed by atoms with E-state index in [1.807, 2.05) is 0 Å². The van der Waals surface area contributed by atoms with Crippen LogP contribution in [0.3, 0.4) is 0 Å². The third-order valence-corrected chi connectivity index (χ3v) is 3.98. The third-order valence-electron chi connectivity index (χ3n) is 3.73. The van der Waals surface area contributed by atoms with Gasteiger partial charge < -0.3 is 4.74 Å². The predicted octanol–water partition coefficient (Wildman–Crippen LogP) is 3.66. The lowest BCUT2D eigenvalue weighted by Gasteiger charge is -2.07. The molecule has 0 saturated heterocycles. The maximum absolute atomic E-state index is 12.3. The minimum Gasteiger partial charge on any atom is -0.422 e. The van der Waals surface area contributed by atoms with E-state index in [2.05, 4.69) is 10.3 Å². The molecule has 0 fully saturated rings. The molecule has 1 heterocycles. The Kier molecular flexibility index (Phi) is 4.68. The number of esters is 1. The lowest BCUT2D eigenvalue weighted by atomic mass is 10.1. The maximum atomic E-state index is 12.3. The first-order chi connectivity index (χ1) is 12.4. The molecule has 0 spiro atoms. The molecule has 0 amide bonds. The molecule has 9 heteroatoms. The summed E-state index contributed by atoms with van der Waals surface area (Å²) in [7, 11) is 0. The fourth-order valence-electron chi connectivity index (χ4n) is 2.40. The third kappa shape index (κ3) is 3.40. The summed E-state index contributed by atoms with van der Waals surface area (Å²) in [5.41, 5.74) is 1.71. The molecule has 26 heavy (non-hydrogen) atoms. The largest absolute Gasteiger partial charge is 0.422 e. The average Bonchev–Trinajstić information content (AvgIpc) is 2.98. The van der Waals surface area contributed by atoms with Crippen molar-refractivity contribution in [3.05, 3.63) is 74.6 Å². The molecule has 2 aromatic carbocycles. The topological polar surface area (TPSA) is 100 Å². The van der Waals surface area contributed by atoms with E-state index in [4.69, 9.17) is 16.3 Å². The van der Waals surface area contributed by atoms with Crippen molar-refractivity contribution in [2.75, 3.05) is 0 Å². The van der Waals surface area contributed by atoms with E-state index in [9.17, 15) is 14.9 Å². The molecule has 1 aromatic heterocycles. The van der Waals surface area contributed by atoms with Crippen LogP contribution in [0.15, 0.2) is 42.5 Å². The molecule has 0 bridgehead atoms. The number of non-ortho nitro benzene ring substituents is 1. The molecule has 0 aliphatic carbocycles. The van der Waals surface area contributed by atoms with Crippen molar-refractivity contribution in [2.24, 2.45) is 0 Å². The van der Waals surface area contributed by atoms with Gasteiger partial charge in [0.1, 0.15) is 5.75 Å². The molecule has 0 saturated carbocycles. The first kappa shape index (κ1) is 17.6. The Morgan fingerprint density at radius 2 is 1.88 bits per heavy atom. The SMILES string of the molecule is Cc1cc([N+](=O)[O-])ccc1-n1nnc(C(=O)Oc2ccc(Cl)cc2)c1C. The van der Waals surface area contributed by atoms with Gasteiger partial charge in [0.05, 0.1) is 16.3 Å². The Morgan fingerprint density at radius 3 is 2.50 bits per heavy atom. The molecular weight excluding hydrogens is 360 g/mol. The highest BCUT2D eigenvalue weighted by molar-refractivity contribution is 6.30. The minimum absolute atomic E-state index is 0.0219. The van der Waals surface area contributed by atoms with Crippen LogP contribution >= 0.6 is 11.6 Å². The van der Waals surface area contributed by atoms with Crippen LogP contribution in [0.25, 0.3) is 5.69 Å². The first-order valence-electron chi connectivity index (χ1n) is 7.52. The van der Waals surface area contributed by atoms with Crippen molar-refractivity contribution in [1.82, 2.24) is 15.0 Å². The minimum atomic E-state index is -0.657. The number of nitro groups is 1. The van der Waals surface area contributed by atoms with Crippen LogP contribution in [-0.4, -0.2) is 25.9 Å². The van der Waals surface area contributed by atoms with Crippen molar-refractivity contribution in [3.8, 4) is 11.4 Å². The van der Waals surface area contributed by atoms with Gasteiger partial charge >= 0.3 is 5.97 Å². The summed E-state index contributed by atoms with van der Waals surface area (Å²) in [6, 6.07) is 10.7. The predicted molar refractivity (Wildman–Crippen MR) is 93.9 cm³/mol. The van der Waals surface area contributed by atoms with Crippen molar-refractivity contribution >= 4 is 23.3 Å². The summed E-state index contributed by atoms with van der Waals surface area (Å²) in [4.78, 5) is 22.7. The Balaban J connectivity index is 1.89. The van der Waals surface area contributed by atoms with Gasteiger partial charge in [-0.2, -0.15) is 0 Å². The number of hydrogen-bond donors (Lipinski definition) is 0. The average molecular weight is 373 g/mol. The van der Waals surface area contributed by atoms with Crippen molar-refractivity contribution in [2.45, 2.75) is 13.8 Å². The summed E-state index contributed by atoms with van der Waals surface area (Å²) in [6.07, 6.45) is 0. The van der Waals surface area contributed by atoms with E-state index in [-0.39, 0.29) is 11.4 Å². The Bertz CT molecular complexity index is 998. The summed E-state index contributed by atoms with van der Waals surface area (Å²) in [5, 5.41) is 19.2. The number of aryl methyl sites for hydroxylation is 1. The molecule has 0 aliphatic heterocycles. The van der Waals surface area contributed by atoms with Crippen LogP contribution in [0.1, 0.15) is 21.7 Å². The molecular formula is C17H13ClN4O4. The number of hydrogen-bond acceptors (Lipinski definition) is 6. The molecule has 8 nitrogen and oxygen atoms in total. The van der Waals surface area contributed by atoms with Crippen LogP contribution < -0.4 is 4.74 Å². The standard InChI is InChI=1S/C17H13ClN4O4/c1-10-9-13(22(24)25)5-8-15(10)21-11(2)16(19-20-21)17(23)26-14-6-3-12(18)4-7-14/h3-9H,1-2H3. The quantitative estimate of drug-likeness (QED) is 0.300. The molecule has 3 rings (SSSR count). The number of nitrogens with zero attached hydrogens (tertiary/aromatic N) is 4. The van der Waals surface area contributed by atoms with Crippen molar-refractivity contribution < 1.29 is 14.5 Å². The zero-order valence-electron chi connectivity index (χ0n) is 13.8. The first-order valence-corrected chi connectivity index (χ1v) is 7.90. The second kappa shape index (κ2) is 6.93. The zero-order chi connectivity index (χ0) is 18.8. The molecule has 0 aliphatic rings. The van der Waals surface area contributed by atoms with E-state index < -0.39 is 10.9 Å². The monoisotopic (exact) mass is 372 g/mol. The van der Waals surface area contributed by atoms with E-state index in [1.165, 1.54) is 16.8 Å². The van der Waals surface area contributed by atoms with Gasteiger partial charge in [0.2, 0.25) is 0 Å². The molecule has 0 unspecified atom stereocenters. The van der Waals surface area contributed by atoms with Crippen LogP contribution in [-0.2, 0) is 0 Å². The summed E-state index contributed by atoms with van der Waals surface area (Å²) < 4.78 is 6.71. The van der Waals surface area contributed by atoms with Gasteiger partial charge in [-0.1, -0.05) is 16.8 Å². The number of carbonyl (C=O) groups excluding carboxylic acids is 1. The molecule has 3 aromatic rings. The molecule has 0 atom stereocenters. The summed E-state index contributed by atoms with van der Waals surface area (Å²) in [5.74, 6) is -0.324. The van der Waals surface area contributed by atoms with Gasteiger partial charge in [-0.15, -0.1) is 5.10 Å². The van der Waals surface area contributed by atoms with Gasteiger partial charge in [0, 0.05) is 17.2 Å². The van der Waals surface area contributed by atoms with Crippen LogP contribution in [0.4, 0.5) is 5.69 Å². The van der Waals surface area contributed by atoms with Gasteiger partial charge in [0.25, 0.3) is 5.69 Å². The van der Waals surface area contributed by atoms with Crippen LogP contribution in [0.5, 0.6) is 5.75 Å². The number of aromatic nitrogens is 3. The number of rotatable bonds is 4. The van der Waals surface area contributed by atoms with Gasteiger partial charge in [0.15, 0.2) is 5.69 Å². The normalized spacial score (nSPS) is 10.6. The molecule has 0 radical (unpaired) electrons. The zero-order valence-corrected chi connectivity index (χ0v) is 14.6. The van der Waals surface area contributed by atoms with E-state index in [1.54, 1.807) is 44.2 Å². The van der Waals surface area contributed by atoms with Gasteiger partial charge in [-0.3, -0.25) is 10.1 Å². The lowest BCUT2D eigenvalue weighted by molar-refractivity contribution is -0.384. The summed E-state index contributed by atoms with van der Waals surface area (Å²) >= 11 is 5.80.